The molecule has 0 radical (unpaired) electrons. The number of imidazole rings is 1. The highest BCUT2D eigenvalue weighted by Crippen LogP contribution is 2.24. The molecule has 0 bridgehead atoms. The Labute approximate surface area is 103 Å². The predicted octanol–water partition coefficient (Wildman–Crippen LogP) is 3.26. The molecule has 0 aliphatic carbocycles. The number of nitrogens with zero attached hydrogens (tertiary/aromatic N) is 1. The smallest absolute Gasteiger partial charge is 0.138 e. The first kappa shape index (κ1) is 10.8. The van der Waals surface area contributed by atoms with Crippen LogP contribution in [0.15, 0.2) is 36.4 Å². The van der Waals surface area contributed by atoms with Crippen LogP contribution in [0.2, 0.25) is 0 Å². The number of halogens is 1. The molecule has 90 valence electrons. The molecule has 18 heavy (non-hydrogen) atoms. The van der Waals surface area contributed by atoms with Gasteiger partial charge in [-0.2, -0.15) is 0 Å². The zero-order valence-electron chi connectivity index (χ0n) is 9.87. The van der Waals surface area contributed by atoms with Crippen molar-refractivity contribution in [2.75, 3.05) is 5.73 Å². The highest BCUT2D eigenvalue weighted by atomic mass is 19.1. The normalized spacial score (nSPS) is 11.0. The third-order valence-corrected chi connectivity index (χ3v) is 2.99. The van der Waals surface area contributed by atoms with Crippen LogP contribution in [0.4, 0.5) is 10.1 Å². The fraction of sp³-hybridized carbons (Fsp3) is 0.0714. The molecule has 3 N–H and O–H groups in total. The summed E-state index contributed by atoms with van der Waals surface area (Å²) in [5.41, 5.74) is 10.2. The summed E-state index contributed by atoms with van der Waals surface area (Å²) in [6.07, 6.45) is 0. The van der Waals surface area contributed by atoms with Gasteiger partial charge in [-0.25, -0.2) is 9.37 Å². The molecule has 0 saturated carbocycles. The van der Waals surface area contributed by atoms with Gasteiger partial charge < -0.3 is 10.7 Å². The molecule has 1 aromatic heterocycles. The van der Waals surface area contributed by atoms with Crippen molar-refractivity contribution in [2.45, 2.75) is 6.92 Å². The van der Waals surface area contributed by atoms with Crippen LogP contribution in [-0.2, 0) is 0 Å². The first-order chi connectivity index (χ1) is 8.63. The van der Waals surface area contributed by atoms with Gasteiger partial charge in [-0.05, 0) is 48.9 Å². The van der Waals surface area contributed by atoms with E-state index in [1.54, 1.807) is 12.1 Å². The number of H-pyrrole nitrogens is 1. The molecule has 0 aliphatic heterocycles. The van der Waals surface area contributed by atoms with Crippen molar-refractivity contribution in [3.63, 3.8) is 0 Å². The summed E-state index contributed by atoms with van der Waals surface area (Å²) in [5, 5.41) is 0. The van der Waals surface area contributed by atoms with Crippen molar-refractivity contribution < 1.29 is 4.39 Å². The number of hydrogen-bond donors (Lipinski definition) is 2. The number of anilines is 1. The van der Waals surface area contributed by atoms with E-state index >= 15 is 0 Å². The van der Waals surface area contributed by atoms with E-state index in [4.69, 9.17) is 5.73 Å². The molecule has 0 fully saturated rings. The van der Waals surface area contributed by atoms with Gasteiger partial charge in [0.05, 0.1) is 11.0 Å². The topological polar surface area (TPSA) is 54.7 Å². The van der Waals surface area contributed by atoms with Crippen LogP contribution in [0.1, 0.15) is 5.56 Å². The van der Waals surface area contributed by atoms with Crippen molar-refractivity contribution in [1.82, 2.24) is 9.97 Å². The number of aryl methyl sites for hydroxylation is 1. The molecular weight excluding hydrogens is 229 g/mol. The van der Waals surface area contributed by atoms with E-state index in [9.17, 15) is 4.39 Å². The molecule has 0 spiro atoms. The Morgan fingerprint density at radius 1 is 1.17 bits per heavy atom. The van der Waals surface area contributed by atoms with E-state index in [1.165, 1.54) is 12.1 Å². The van der Waals surface area contributed by atoms with Gasteiger partial charge in [-0.15, -0.1) is 0 Å². The largest absolute Gasteiger partial charge is 0.398 e. The summed E-state index contributed by atoms with van der Waals surface area (Å²) in [6.45, 7) is 1.95. The van der Waals surface area contributed by atoms with Crippen molar-refractivity contribution in [3.8, 4) is 11.4 Å². The average molecular weight is 241 g/mol. The number of fused-ring (bicyclic) bond motifs is 1. The SMILES string of the molecule is Cc1cc2[nH]c(-c3ccc(F)cc3)nc2cc1N. The first-order valence-corrected chi connectivity index (χ1v) is 5.65. The van der Waals surface area contributed by atoms with E-state index < -0.39 is 0 Å². The van der Waals surface area contributed by atoms with Crippen LogP contribution in [0.5, 0.6) is 0 Å². The average Bonchev–Trinajstić information content (AvgIpc) is 2.73. The molecule has 3 rings (SSSR count). The second kappa shape index (κ2) is 3.84. The lowest BCUT2D eigenvalue weighted by Crippen LogP contribution is -1.88. The maximum atomic E-state index is 12.9. The molecular formula is C14H12FN3. The lowest BCUT2D eigenvalue weighted by Gasteiger charge is -1.97. The van der Waals surface area contributed by atoms with Gasteiger partial charge in [0.25, 0.3) is 0 Å². The Balaban J connectivity index is 2.16. The van der Waals surface area contributed by atoms with E-state index in [0.717, 1.165) is 33.7 Å². The van der Waals surface area contributed by atoms with Gasteiger partial charge in [0.2, 0.25) is 0 Å². The Morgan fingerprint density at radius 2 is 1.89 bits per heavy atom. The number of aromatic amines is 1. The number of nitrogens with one attached hydrogen (secondary N) is 1. The lowest BCUT2D eigenvalue weighted by atomic mass is 10.2. The molecule has 1 heterocycles. The van der Waals surface area contributed by atoms with Crippen LogP contribution in [0.3, 0.4) is 0 Å². The van der Waals surface area contributed by atoms with E-state index in [2.05, 4.69) is 9.97 Å². The number of benzene rings is 2. The Morgan fingerprint density at radius 3 is 2.61 bits per heavy atom. The predicted molar refractivity (Wildman–Crippen MR) is 70.6 cm³/mol. The van der Waals surface area contributed by atoms with Crippen LogP contribution in [0.25, 0.3) is 22.4 Å². The quantitative estimate of drug-likeness (QED) is 0.642. The molecule has 0 unspecified atom stereocenters. The van der Waals surface area contributed by atoms with Gasteiger partial charge in [0.1, 0.15) is 11.6 Å². The van der Waals surface area contributed by atoms with E-state index in [0.29, 0.717) is 0 Å². The monoisotopic (exact) mass is 241 g/mol. The number of nitrogens with two attached hydrogens (primary N) is 1. The van der Waals surface area contributed by atoms with Crippen molar-refractivity contribution in [3.05, 3.63) is 47.8 Å². The maximum Gasteiger partial charge on any atom is 0.138 e. The van der Waals surface area contributed by atoms with Crippen LogP contribution in [-0.4, -0.2) is 9.97 Å². The zero-order chi connectivity index (χ0) is 12.7. The molecule has 3 nitrogen and oxygen atoms in total. The summed E-state index contributed by atoms with van der Waals surface area (Å²) in [5.74, 6) is 0.463. The molecule has 3 aromatic rings. The molecule has 0 atom stereocenters. The first-order valence-electron chi connectivity index (χ1n) is 5.65. The minimum absolute atomic E-state index is 0.255. The lowest BCUT2D eigenvalue weighted by molar-refractivity contribution is 0.628. The van der Waals surface area contributed by atoms with Gasteiger partial charge >= 0.3 is 0 Å². The van der Waals surface area contributed by atoms with Crippen molar-refractivity contribution in [1.29, 1.82) is 0 Å². The minimum Gasteiger partial charge on any atom is -0.398 e. The summed E-state index contributed by atoms with van der Waals surface area (Å²) < 4.78 is 12.9. The number of rotatable bonds is 1. The summed E-state index contributed by atoms with van der Waals surface area (Å²) in [7, 11) is 0. The van der Waals surface area contributed by atoms with E-state index in [-0.39, 0.29) is 5.82 Å². The number of hydrogen-bond acceptors (Lipinski definition) is 2. The van der Waals surface area contributed by atoms with Crippen molar-refractivity contribution in [2.24, 2.45) is 0 Å². The highest BCUT2D eigenvalue weighted by molar-refractivity contribution is 5.83. The van der Waals surface area contributed by atoms with E-state index in [1.807, 2.05) is 19.1 Å². The van der Waals surface area contributed by atoms with Crippen LogP contribution >= 0.6 is 0 Å². The molecule has 0 saturated heterocycles. The number of aromatic nitrogens is 2. The number of nitrogen functional groups attached to an aromatic ring is 1. The second-order valence-electron chi connectivity index (χ2n) is 4.32. The van der Waals surface area contributed by atoms with Gasteiger partial charge in [-0.3, -0.25) is 0 Å². The molecule has 2 aromatic carbocycles. The minimum atomic E-state index is -0.255. The molecule has 4 heteroatoms. The standard InChI is InChI=1S/C14H12FN3/c1-8-6-12-13(7-11(8)16)18-14(17-12)9-2-4-10(15)5-3-9/h2-7H,16H2,1H3,(H,17,18). The summed E-state index contributed by atoms with van der Waals surface area (Å²) >= 11 is 0. The maximum absolute atomic E-state index is 12.9. The second-order valence-corrected chi connectivity index (χ2v) is 4.32. The fourth-order valence-electron chi connectivity index (χ4n) is 1.93. The Hall–Kier alpha value is -2.36. The van der Waals surface area contributed by atoms with Crippen LogP contribution < -0.4 is 5.73 Å². The van der Waals surface area contributed by atoms with Crippen molar-refractivity contribution >= 4 is 16.7 Å². The Kier molecular flexibility index (Phi) is 2.30. The van der Waals surface area contributed by atoms with Gasteiger partial charge in [-0.1, -0.05) is 0 Å². The van der Waals surface area contributed by atoms with Gasteiger partial charge in [0.15, 0.2) is 0 Å². The fourth-order valence-corrected chi connectivity index (χ4v) is 1.93. The summed E-state index contributed by atoms with van der Waals surface area (Å²) in [6, 6.07) is 10.0. The third-order valence-electron chi connectivity index (χ3n) is 2.99. The zero-order valence-corrected chi connectivity index (χ0v) is 9.87. The van der Waals surface area contributed by atoms with Crippen LogP contribution in [0, 0.1) is 12.7 Å². The highest BCUT2D eigenvalue weighted by Gasteiger charge is 2.07. The summed E-state index contributed by atoms with van der Waals surface area (Å²) in [4.78, 5) is 7.67. The Bertz CT molecular complexity index is 675. The van der Waals surface area contributed by atoms with Gasteiger partial charge in [0, 0.05) is 11.3 Å². The third kappa shape index (κ3) is 1.72. The molecule has 0 aliphatic rings. The molecule has 0 amide bonds.